The third-order valence-electron chi connectivity index (χ3n) is 19.1. The second kappa shape index (κ2) is 45.3. The quantitative estimate of drug-likeness (QED) is 0.0405. The Bertz CT molecular complexity index is 3200. The van der Waals surface area contributed by atoms with Crippen molar-refractivity contribution in [3.8, 4) is 5.75 Å². The molecule has 3 aliphatic heterocycles. The summed E-state index contributed by atoms with van der Waals surface area (Å²) in [6, 6.07) is -15.1. The van der Waals surface area contributed by atoms with E-state index in [1.54, 1.807) is 0 Å². The zero-order valence-corrected chi connectivity index (χ0v) is 63.0. The van der Waals surface area contributed by atoms with Gasteiger partial charge in [0.25, 0.3) is 0 Å². The minimum atomic E-state index is -2.21. The first-order valence-electron chi connectivity index (χ1n) is 37.3. The maximum Gasteiger partial charge on any atom is 0.248 e. The first-order chi connectivity index (χ1) is 50.9. The van der Waals surface area contributed by atoms with E-state index < -0.39 is 243 Å². The van der Waals surface area contributed by atoms with E-state index in [4.69, 9.17) is 11.5 Å². The summed E-state index contributed by atoms with van der Waals surface area (Å²) in [6.07, 6.45) is -4.09. The monoisotopic (exact) mass is 1530 g/mol. The van der Waals surface area contributed by atoms with Crippen molar-refractivity contribution in [2.75, 3.05) is 26.2 Å². The fourth-order valence-electron chi connectivity index (χ4n) is 12.9. The summed E-state index contributed by atoms with van der Waals surface area (Å²) in [5, 5.41) is 114. The number of benzene rings is 1. The van der Waals surface area contributed by atoms with Crippen molar-refractivity contribution in [1.82, 2.24) is 68.3 Å². The van der Waals surface area contributed by atoms with Crippen molar-refractivity contribution >= 4 is 82.7 Å². The highest BCUT2D eigenvalue weighted by molar-refractivity contribution is 6.00. The van der Waals surface area contributed by atoms with Gasteiger partial charge in [-0.3, -0.25) is 67.1 Å². The Morgan fingerprint density at radius 3 is 1.56 bits per heavy atom. The average Bonchev–Trinajstić information content (AvgIpc) is 1.62. The van der Waals surface area contributed by atoms with Crippen LogP contribution in [-0.4, -0.2) is 275 Å². The lowest BCUT2D eigenvalue weighted by molar-refractivity contribution is -0.147. The second-order valence-corrected chi connectivity index (χ2v) is 28.8. The molecule has 0 spiro atoms. The normalized spacial score (nSPS) is 28.1. The van der Waals surface area contributed by atoms with Gasteiger partial charge in [-0.2, -0.15) is 0 Å². The number of unbranched alkanes of at least 4 members (excludes halogenated alkanes) is 10. The lowest BCUT2D eigenvalue weighted by Crippen LogP contribution is -2.64. The van der Waals surface area contributed by atoms with E-state index in [2.05, 4.69) is 65.4 Å². The number of aliphatic hydroxyl groups is 7. The van der Waals surface area contributed by atoms with Crippen LogP contribution in [0.2, 0.25) is 0 Å². The van der Waals surface area contributed by atoms with E-state index in [0.717, 1.165) is 70.6 Å². The number of amides is 14. The molecule has 37 nitrogen and oxygen atoms in total. The number of phenolic OH excluding ortho intramolecular Hbond substituents is 1. The Morgan fingerprint density at radius 2 is 1.01 bits per heavy atom. The van der Waals surface area contributed by atoms with Gasteiger partial charge in [0.05, 0.1) is 55.7 Å². The third-order valence-corrected chi connectivity index (χ3v) is 19.1. The molecule has 1 aromatic carbocycles. The Balaban J connectivity index is 1.80. The summed E-state index contributed by atoms with van der Waals surface area (Å²) >= 11 is 0. The highest BCUT2D eigenvalue weighted by Crippen LogP contribution is 2.25. The number of phenols is 1. The molecule has 23 N–H and O–H groups in total. The van der Waals surface area contributed by atoms with Gasteiger partial charge in [-0.15, -0.1) is 0 Å². The number of nitrogens with two attached hydrogens (primary N) is 2. The lowest BCUT2D eigenvalue weighted by atomic mass is 9.99. The van der Waals surface area contributed by atoms with E-state index in [0.29, 0.717) is 23.3 Å². The van der Waals surface area contributed by atoms with Crippen LogP contribution in [0.5, 0.6) is 5.75 Å². The van der Waals surface area contributed by atoms with Crippen LogP contribution in [0.25, 0.3) is 0 Å². The number of hydrogen-bond acceptors (Lipinski definition) is 23. The Labute approximate surface area is 628 Å². The molecule has 0 unspecified atom stereocenters. The predicted octanol–water partition coefficient (Wildman–Crippen LogP) is -5.90. The van der Waals surface area contributed by atoms with Crippen molar-refractivity contribution < 1.29 is 108 Å². The van der Waals surface area contributed by atoms with Crippen LogP contribution < -0.4 is 70.0 Å². The standard InChI is InChI=1S/C71H117N15O22/c1-9-10-11-12-13-14-15-16-17-18-19-21-43-31-52(96)79-55(38(5)87)66(103)75-37(4)61(98)78-47(30-42-23-25-44(91)26-24-42)63(100)81-54(36(2)3)70(107)86-35-45(92)32-48(86)64(101)82-57(40(7)89)68(105)83-58(41(8)90)71(108)85-29-27-49(93)60(85)69(106)84-59(50(94)33-51(73)95)65(102)74-34-53(97)80-56(39(6)88)67(104)77-46(22-20-28-72)62(99)76-43/h23-26,36-41,43,45-50,54-60,87-94H,9-22,27-35,72H2,1-8H3,(H2,73,95)(H,74,102)(H,75,103)(H,76,99)(H,77,104)(H,78,98)(H,79,96)(H,80,97)(H,81,100)(H,82,101)(H,83,105)(H,84,106)/t37-,38-,39-,40-,41-,43-,45-,46+,47+,48+,49+,50-,54+,55-,56-,57-,58+,59+,60+/m1/s1. The largest absolute Gasteiger partial charge is 0.508 e. The first-order valence-corrected chi connectivity index (χ1v) is 37.3. The molecule has 19 atom stereocenters. The number of aliphatic hydroxyl groups excluding tert-OH is 7. The van der Waals surface area contributed by atoms with Crippen LogP contribution in [-0.2, 0) is 73.5 Å². The number of rotatable bonds is 25. The minimum absolute atomic E-state index is 0.0115. The molecule has 37 heteroatoms. The fourth-order valence-corrected chi connectivity index (χ4v) is 12.9. The molecule has 0 radical (unpaired) electrons. The summed E-state index contributed by atoms with van der Waals surface area (Å²) in [6.45, 7) is 8.79. The molecule has 14 amide bonds. The number of aromatic hydroxyl groups is 1. The first kappa shape index (κ1) is 91.7. The highest BCUT2D eigenvalue weighted by Gasteiger charge is 2.48. The van der Waals surface area contributed by atoms with E-state index >= 15 is 0 Å². The van der Waals surface area contributed by atoms with Crippen LogP contribution in [0.4, 0.5) is 0 Å². The topological polar surface area (TPSA) is 592 Å². The van der Waals surface area contributed by atoms with Crippen LogP contribution in [0.1, 0.15) is 177 Å². The molecule has 3 saturated heterocycles. The maximum atomic E-state index is 14.8. The van der Waals surface area contributed by atoms with Gasteiger partial charge in [0, 0.05) is 38.4 Å². The SMILES string of the molecule is CCCCCCCCCCCCC[C@@H]1CC(=O)N[C@H]([C@@H](C)O)C(=O)N[C@H](C)C(=O)N[C@@H](Cc2ccc(O)cc2)C(=O)N[C@@H](C(C)C)C(=O)N2C[C@H](O)C[C@H]2C(=O)N[C@H]([C@@H](C)O)C(=O)N[C@@H]([C@@H](C)O)C(=O)N2CC[C@H](O)[C@H]2C(=O)N[C@@H]([C@H](O)CC(N)=O)C(=O)NCC(=O)N[C@H]([C@@H](C)O)C(=O)N[C@@H](CCCN)C(=O)N1. The third kappa shape index (κ3) is 29.0. The molecule has 3 aliphatic rings. The number of nitrogens with one attached hydrogen (secondary N) is 11. The Hall–Kier alpha value is -8.72. The van der Waals surface area contributed by atoms with Crippen molar-refractivity contribution in [3.63, 3.8) is 0 Å². The van der Waals surface area contributed by atoms with Gasteiger partial charge in [0.1, 0.15) is 72.2 Å². The molecule has 3 heterocycles. The van der Waals surface area contributed by atoms with Crippen molar-refractivity contribution in [2.45, 2.75) is 293 Å². The Morgan fingerprint density at radius 1 is 0.519 bits per heavy atom. The molecular formula is C71H117N15O22. The highest BCUT2D eigenvalue weighted by atomic mass is 16.3. The molecule has 0 aliphatic carbocycles. The zero-order chi connectivity index (χ0) is 80.8. The summed E-state index contributed by atoms with van der Waals surface area (Å²) in [5.74, 6) is -16.7. The fraction of sp³-hybridized carbons (Fsp3) is 0.718. The molecule has 108 heavy (non-hydrogen) atoms. The second-order valence-electron chi connectivity index (χ2n) is 28.8. The molecule has 608 valence electrons. The summed E-state index contributed by atoms with van der Waals surface area (Å²) in [7, 11) is 0. The number of primary amides is 1. The number of nitrogens with zero attached hydrogens (tertiary/aromatic N) is 2. The summed E-state index contributed by atoms with van der Waals surface area (Å²) < 4.78 is 0. The van der Waals surface area contributed by atoms with E-state index in [-0.39, 0.29) is 44.4 Å². The Kier molecular flexibility index (Phi) is 38.5. The minimum Gasteiger partial charge on any atom is -0.508 e. The molecule has 0 aromatic heterocycles. The van der Waals surface area contributed by atoms with Gasteiger partial charge >= 0.3 is 0 Å². The van der Waals surface area contributed by atoms with Crippen LogP contribution in [0.3, 0.4) is 0 Å². The van der Waals surface area contributed by atoms with Crippen molar-refractivity contribution in [2.24, 2.45) is 17.4 Å². The molecule has 3 fully saturated rings. The molecule has 0 bridgehead atoms. The number of carbonyl (C=O) groups is 14. The van der Waals surface area contributed by atoms with Crippen molar-refractivity contribution in [3.05, 3.63) is 29.8 Å². The molecular weight excluding hydrogens is 1410 g/mol. The number of fused-ring (bicyclic) bond motifs is 2. The van der Waals surface area contributed by atoms with Gasteiger partial charge in [0.15, 0.2) is 0 Å². The smallest absolute Gasteiger partial charge is 0.248 e. The van der Waals surface area contributed by atoms with E-state index in [1.165, 1.54) is 64.8 Å². The van der Waals surface area contributed by atoms with Gasteiger partial charge in [-0.1, -0.05) is 104 Å². The zero-order valence-electron chi connectivity index (χ0n) is 63.0. The van der Waals surface area contributed by atoms with Crippen molar-refractivity contribution in [1.29, 1.82) is 0 Å². The lowest BCUT2D eigenvalue weighted by Gasteiger charge is -2.34. The van der Waals surface area contributed by atoms with Gasteiger partial charge in [-0.05, 0) is 90.5 Å². The van der Waals surface area contributed by atoms with E-state index in [1.807, 2.05) is 0 Å². The number of carbonyl (C=O) groups excluding carboxylic acids is 14. The molecule has 4 rings (SSSR count). The average molecular weight is 1530 g/mol. The van der Waals surface area contributed by atoms with E-state index in [9.17, 15) is 108 Å². The summed E-state index contributed by atoms with van der Waals surface area (Å²) in [5.41, 5.74) is 11.6. The molecule has 0 saturated carbocycles. The summed E-state index contributed by atoms with van der Waals surface area (Å²) in [4.78, 5) is 199. The van der Waals surface area contributed by atoms with Gasteiger partial charge in [0.2, 0.25) is 82.7 Å². The molecule has 1 aromatic rings. The maximum absolute atomic E-state index is 14.8. The van der Waals surface area contributed by atoms with Gasteiger partial charge < -0.3 is 121 Å². The van der Waals surface area contributed by atoms with Gasteiger partial charge in [-0.25, -0.2) is 0 Å². The van der Waals surface area contributed by atoms with Crippen LogP contribution in [0, 0.1) is 5.92 Å². The predicted molar refractivity (Wildman–Crippen MR) is 387 cm³/mol. The van der Waals surface area contributed by atoms with Crippen LogP contribution >= 0.6 is 0 Å². The number of hydrogen-bond donors (Lipinski definition) is 21. The van der Waals surface area contributed by atoms with Crippen LogP contribution in [0.15, 0.2) is 24.3 Å².